The molecule has 1 aliphatic rings. The van der Waals surface area contributed by atoms with Gasteiger partial charge in [-0.3, -0.25) is 9.59 Å². The largest absolute Gasteiger partial charge is 0.465 e. The topological polar surface area (TPSA) is 93.5 Å². The Balaban J connectivity index is 1.58. The fourth-order valence-electron chi connectivity index (χ4n) is 4.06. The van der Waals surface area contributed by atoms with Gasteiger partial charge in [0.2, 0.25) is 0 Å². The Labute approximate surface area is 185 Å². The third-order valence-corrected chi connectivity index (χ3v) is 5.76. The van der Waals surface area contributed by atoms with Gasteiger partial charge in [-0.2, -0.15) is 5.10 Å². The quantitative estimate of drug-likeness (QED) is 0.573. The molecule has 4 rings (SSSR count). The van der Waals surface area contributed by atoms with Gasteiger partial charge in [-0.1, -0.05) is 30.3 Å². The van der Waals surface area contributed by atoms with Crippen LogP contribution in [0.3, 0.4) is 0 Å². The Morgan fingerprint density at radius 2 is 1.62 bits per heavy atom. The van der Waals surface area contributed by atoms with Crippen LogP contribution in [-0.4, -0.2) is 53.3 Å². The summed E-state index contributed by atoms with van der Waals surface area (Å²) < 4.78 is 6.26. The number of hydrogen-bond acceptors (Lipinski definition) is 6. The molecule has 2 aromatic carbocycles. The number of aromatic nitrogens is 2. The van der Waals surface area contributed by atoms with Crippen LogP contribution in [0.2, 0.25) is 0 Å². The van der Waals surface area contributed by atoms with Crippen molar-refractivity contribution >= 4 is 22.6 Å². The average molecular weight is 434 g/mol. The van der Waals surface area contributed by atoms with Crippen LogP contribution in [0.15, 0.2) is 53.3 Å². The van der Waals surface area contributed by atoms with Gasteiger partial charge in [-0.05, 0) is 44.1 Å². The van der Waals surface area contributed by atoms with E-state index in [-0.39, 0.29) is 23.2 Å². The fourth-order valence-corrected chi connectivity index (χ4v) is 4.06. The molecule has 8 heteroatoms. The summed E-state index contributed by atoms with van der Waals surface area (Å²) in [7, 11) is 1.28. The molecule has 1 fully saturated rings. The van der Waals surface area contributed by atoms with Crippen LogP contribution in [0.25, 0.3) is 10.8 Å². The average Bonchev–Trinajstić information content (AvgIpc) is 3.36. The number of amides is 1. The van der Waals surface area contributed by atoms with E-state index < -0.39 is 11.9 Å². The highest BCUT2D eigenvalue weighted by Crippen LogP contribution is 2.15. The molecule has 0 atom stereocenters. The van der Waals surface area contributed by atoms with Gasteiger partial charge in [0, 0.05) is 11.9 Å². The Morgan fingerprint density at radius 1 is 0.969 bits per heavy atom. The Kier molecular flexibility index (Phi) is 6.61. The zero-order valence-electron chi connectivity index (χ0n) is 18.0. The molecule has 0 saturated carbocycles. The number of benzene rings is 2. The lowest BCUT2D eigenvalue weighted by Gasteiger charge is -2.16. The SMILES string of the molecule is COC(=O)c1ccccc1C(=O)NCc1nn(CCN2CCCC2)c(=O)c2ccccc12. The van der Waals surface area contributed by atoms with Crippen LogP contribution in [0, 0.1) is 0 Å². The predicted molar refractivity (Wildman–Crippen MR) is 121 cm³/mol. The number of esters is 1. The zero-order chi connectivity index (χ0) is 22.5. The van der Waals surface area contributed by atoms with Crippen LogP contribution in [0.1, 0.15) is 39.3 Å². The molecule has 166 valence electrons. The molecule has 1 N–H and O–H groups in total. The van der Waals surface area contributed by atoms with Gasteiger partial charge in [0.05, 0.1) is 42.4 Å². The second-order valence-corrected chi connectivity index (χ2v) is 7.79. The maximum absolute atomic E-state index is 12.9. The Morgan fingerprint density at radius 3 is 2.34 bits per heavy atom. The summed E-state index contributed by atoms with van der Waals surface area (Å²) in [6.07, 6.45) is 2.37. The summed E-state index contributed by atoms with van der Waals surface area (Å²) in [5.74, 6) is -0.985. The van der Waals surface area contributed by atoms with Crippen molar-refractivity contribution in [2.45, 2.75) is 25.9 Å². The molecule has 8 nitrogen and oxygen atoms in total. The minimum Gasteiger partial charge on any atom is -0.465 e. The van der Waals surface area contributed by atoms with Crippen molar-refractivity contribution in [2.24, 2.45) is 0 Å². The zero-order valence-corrected chi connectivity index (χ0v) is 18.0. The maximum Gasteiger partial charge on any atom is 0.338 e. The van der Waals surface area contributed by atoms with Crippen LogP contribution >= 0.6 is 0 Å². The van der Waals surface area contributed by atoms with E-state index >= 15 is 0 Å². The number of fused-ring (bicyclic) bond motifs is 1. The number of carbonyl (C=O) groups is 2. The minimum atomic E-state index is -0.574. The highest BCUT2D eigenvalue weighted by molar-refractivity contribution is 6.05. The van der Waals surface area contributed by atoms with Crippen molar-refractivity contribution in [3.63, 3.8) is 0 Å². The second kappa shape index (κ2) is 9.74. The second-order valence-electron chi connectivity index (χ2n) is 7.79. The van der Waals surface area contributed by atoms with Crippen LogP contribution in [0.4, 0.5) is 0 Å². The van der Waals surface area contributed by atoms with E-state index in [1.807, 2.05) is 18.2 Å². The maximum atomic E-state index is 12.9. The first-order chi connectivity index (χ1) is 15.6. The van der Waals surface area contributed by atoms with E-state index in [2.05, 4.69) is 15.3 Å². The van der Waals surface area contributed by atoms with Gasteiger partial charge in [0.25, 0.3) is 11.5 Å². The van der Waals surface area contributed by atoms with Crippen molar-refractivity contribution in [1.29, 1.82) is 0 Å². The molecule has 1 aromatic heterocycles. The fraction of sp³-hybridized carbons (Fsp3) is 0.333. The lowest BCUT2D eigenvalue weighted by molar-refractivity contribution is 0.0596. The van der Waals surface area contributed by atoms with Crippen LogP contribution in [0.5, 0.6) is 0 Å². The smallest absolute Gasteiger partial charge is 0.338 e. The number of ether oxygens (including phenoxy) is 1. The van der Waals surface area contributed by atoms with Gasteiger partial charge >= 0.3 is 5.97 Å². The van der Waals surface area contributed by atoms with Gasteiger partial charge in [-0.25, -0.2) is 9.48 Å². The van der Waals surface area contributed by atoms with Crippen molar-refractivity contribution in [3.8, 4) is 0 Å². The molecule has 2 heterocycles. The third-order valence-electron chi connectivity index (χ3n) is 5.76. The van der Waals surface area contributed by atoms with Gasteiger partial charge in [-0.15, -0.1) is 0 Å². The number of rotatable bonds is 7. The Bertz CT molecular complexity index is 1200. The molecule has 1 amide bonds. The predicted octanol–water partition coefficient (Wildman–Crippen LogP) is 2.21. The van der Waals surface area contributed by atoms with Crippen molar-refractivity contribution in [1.82, 2.24) is 20.0 Å². The number of nitrogens with one attached hydrogen (secondary N) is 1. The van der Waals surface area contributed by atoms with E-state index in [4.69, 9.17) is 4.74 Å². The summed E-state index contributed by atoms with van der Waals surface area (Å²) in [5.41, 5.74) is 0.892. The third kappa shape index (κ3) is 4.55. The Hall–Kier alpha value is -3.52. The number of methoxy groups -OCH3 is 1. The summed E-state index contributed by atoms with van der Waals surface area (Å²) >= 11 is 0. The van der Waals surface area contributed by atoms with Crippen molar-refractivity contribution < 1.29 is 14.3 Å². The van der Waals surface area contributed by atoms with E-state index in [9.17, 15) is 14.4 Å². The highest BCUT2D eigenvalue weighted by Gasteiger charge is 2.18. The first-order valence-electron chi connectivity index (χ1n) is 10.7. The van der Waals surface area contributed by atoms with Crippen LogP contribution in [-0.2, 0) is 17.8 Å². The normalized spacial score (nSPS) is 13.9. The number of nitrogens with zero attached hydrogens (tertiary/aromatic N) is 3. The molecule has 3 aromatic rings. The monoisotopic (exact) mass is 434 g/mol. The number of hydrogen-bond donors (Lipinski definition) is 1. The molecule has 0 aliphatic carbocycles. The van der Waals surface area contributed by atoms with E-state index in [1.54, 1.807) is 30.3 Å². The minimum absolute atomic E-state index is 0.124. The highest BCUT2D eigenvalue weighted by atomic mass is 16.5. The standard InChI is InChI=1S/C24H26N4O4/c1-32-24(31)20-11-5-3-9-18(20)22(29)25-16-21-17-8-2-4-10-19(17)23(30)28(26-21)15-14-27-12-6-7-13-27/h2-5,8-11H,6-7,12-16H2,1H3,(H,25,29). The number of carbonyl (C=O) groups excluding carboxylic acids is 2. The van der Waals surface area contributed by atoms with Crippen LogP contribution < -0.4 is 10.9 Å². The molecule has 32 heavy (non-hydrogen) atoms. The molecule has 1 aliphatic heterocycles. The van der Waals surface area contributed by atoms with E-state index in [0.29, 0.717) is 23.0 Å². The first-order valence-corrected chi connectivity index (χ1v) is 10.7. The molecule has 0 radical (unpaired) electrons. The molecule has 0 unspecified atom stereocenters. The molecular formula is C24H26N4O4. The molecule has 1 saturated heterocycles. The molecule has 0 spiro atoms. The summed E-state index contributed by atoms with van der Waals surface area (Å²) in [4.78, 5) is 40.1. The summed E-state index contributed by atoms with van der Waals surface area (Å²) in [5, 5.41) is 8.68. The van der Waals surface area contributed by atoms with Gasteiger partial charge in [0.15, 0.2) is 0 Å². The van der Waals surface area contributed by atoms with Crippen molar-refractivity contribution in [2.75, 3.05) is 26.7 Å². The number of likely N-dealkylation sites (tertiary alicyclic amines) is 1. The van der Waals surface area contributed by atoms with E-state index in [0.717, 1.165) is 19.6 Å². The lowest BCUT2D eigenvalue weighted by Crippen LogP contribution is -2.33. The summed E-state index contributed by atoms with van der Waals surface area (Å²) in [6.45, 7) is 3.48. The van der Waals surface area contributed by atoms with Crippen molar-refractivity contribution in [3.05, 3.63) is 75.7 Å². The molecule has 0 bridgehead atoms. The van der Waals surface area contributed by atoms with Gasteiger partial charge < -0.3 is 15.0 Å². The first kappa shape index (κ1) is 21.7. The lowest BCUT2D eigenvalue weighted by atomic mass is 10.1. The van der Waals surface area contributed by atoms with Gasteiger partial charge in [0.1, 0.15) is 0 Å². The molecular weight excluding hydrogens is 408 g/mol. The summed E-state index contributed by atoms with van der Waals surface area (Å²) in [6, 6.07) is 13.8. The van der Waals surface area contributed by atoms with E-state index in [1.165, 1.54) is 24.6 Å².